The number of piperazine rings is 1. The van der Waals surface area contributed by atoms with E-state index < -0.39 is 10.0 Å². The third-order valence-corrected chi connectivity index (χ3v) is 7.00. The Bertz CT molecular complexity index is 1110. The van der Waals surface area contributed by atoms with Gasteiger partial charge >= 0.3 is 0 Å². The lowest BCUT2D eigenvalue weighted by Gasteiger charge is -2.35. The Kier molecular flexibility index (Phi) is 5.54. The Balaban J connectivity index is 1.74. The highest BCUT2D eigenvalue weighted by atomic mass is 32.2. The maximum Gasteiger partial charge on any atom is 0.240 e. The van der Waals surface area contributed by atoms with Crippen LogP contribution in [0, 0.1) is 0 Å². The molecule has 1 saturated heterocycles. The van der Waals surface area contributed by atoms with Crippen LogP contribution in [-0.2, 0) is 10.0 Å². The molecule has 6 nitrogen and oxygen atoms in total. The van der Waals surface area contributed by atoms with Crippen molar-refractivity contribution in [3.63, 3.8) is 0 Å². The Morgan fingerprint density at radius 2 is 1.69 bits per heavy atom. The average Bonchev–Trinajstić information content (AvgIpc) is 2.78. The number of rotatable bonds is 5. The Morgan fingerprint density at radius 3 is 2.34 bits per heavy atom. The molecule has 1 fully saturated rings. The van der Waals surface area contributed by atoms with Gasteiger partial charge in [-0.25, -0.2) is 18.1 Å². The van der Waals surface area contributed by atoms with Crippen LogP contribution in [0.5, 0.6) is 0 Å². The molecule has 29 heavy (non-hydrogen) atoms. The van der Waals surface area contributed by atoms with E-state index in [-0.39, 0.29) is 4.90 Å². The van der Waals surface area contributed by atoms with Gasteiger partial charge in [0, 0.05) is 37.1 Å². The second-order valence-corrected chi connectivity index (χ2v) is 9.09. The minimum Gasteiger partial charge on any atom is -0.354 e. The van der Waals surface area contributed by atoms with Gasteiger partial charge < -0.3 is 9.80 Å². The van der Waals surface area contributed by atoms with Crippen molar-refractivity contribution in [2.75, 3.05) is 44.7 Å². The second kappa shape index (κ2) is 8.10. The Hall–Kier alpha value is -2.48. The van der Waals surface area contributed by atoms with Gasteiger partial charge in [-0.15, -0.1) is 0 Å². The number of benzene rings is 2. The van der Waals surface area contributed by atoms with Gasteiger partial charge in [-0.05, 0) is 37.2 Å². The number of sulfonamides is 1. The van der Waals surface area contributed by atoms with Gasteiger partial charge in [-0.2, -0.15) is 0 Å². The Labute approximate surface area is 172 Å². The number of pyridine rings is 1. The van der Waals surface area contributed by atoms with Crippen molar-refractivity contribution in [3.8, 4) is 11.3 Å². The molecule has 0 saturated carbocycles. The summed E-state index contributed by atoms with van der Waals surface area (Å²) < 4.78 is 26.3. The molecule has 4 rings (SSSR count). The van der Waals surface area contributed by atoms with E-state index >= 15 is 0 Å². The van der Waals surface area contributed by atoms with Gasteiger partial charge in [0.15, 0.2) is 0 Å². The molecular formula is C22H26N4O2S. The van der Waals surface area contributed by atoms with E-state index in [1.807, 2.05) is 24.3 Å². The first-order valence-electron chi connectivity index (χ1n) is 9.93. The predicted molar refractivity (Wildman–Crippen MR) is 118 cm³/mol. The highest BCUT2D eigenvalue weighted by Crippen LogP contribution is 2.31. The molecule has 0 aliphatic carbocycles. The second-order valence-electron chi connectivity index (χ2n) is 7.21. The number of fused-ring (bicyclic) bond motifs is 1. The SMILES string of the molecule is CCN1CCN(c2nc(-c3ccc(S(=O)(=O)NC)cc3)cc3ccccc23)CC1. The van der Waals surface area contributed by atoms with Crippen molar-refractivity contribution in [2.45, 2.75) is 11.8 Å². The van der Waals surface area contributed by atoms with Crippen LogP contribution in [0.15, 0.2) is 59.5 Å². The quantitative estimate of drug-likeness (QED) is 0.701. The molecule has 1 aliphatic rings. The molecule has 1 aromatic heterocycles. The number of aromatic nitrogens is 1. The van der Waals surface area contributed by atoms with Gasteiger partial charge in [0.2, 0.25) is 10.0 Å². The van der Waals surface area contributed by atoms with Crippen molar-refractivity contribution in [3.05, 3.63) is 54.6 Å². The number of anilines is 1. The number of nitrogens with zero attached hydrogens (tertiary/aromatic N) is 3. The van der Waals surface area contributed by atoms with E-state index in [9.17, 15) is 8.42 Å². The molecule has 2 aromatic carbocycles. The van der Waals surface area contributed by atoms with Crippen LogP contribution in [0.1, 0.15) is 6.92 Å². The molecule has 1 aliphatic heterocycles. The van der Waals surface area contributed by atoms with E-state index in [0.29, 0.717) is 0 Å². The molecule has 0 amide bonds. The molecule has 0 spiro atoms. The zero-order valence-corrected chi connectivity index (χ0v) is 17.6. The molecule has 2 heterocycles. The molecular weight excluding hydrogens is 384 g/mol. The zero-order chi connectivity index (χ0) is 20.4. The smallest absolute Gasteiger partial charge is 0.240 e. The molecule has 0 bridgehead atoms. The van der Waals surface area contributed by atoms with Crippen molar-refractivity contribution >= 4 is 26.6 Å². The standard InChI is InChI=1S/C22H26N4O2S/c1-3-25-12-14-26(15-13-25)22-20-7-5-4-6-18(20)16-21(24-22)17-8-10-19(11-9-17)29(27,28)23-2/h4-11,16,23H,3,12-15H2,1-2H3. The van der Waals surface area contributed by atoms with Gasteiger partial charge in [0.25, 0.3) is 0 Å². The summed E-state index contributed by atoms with van der Waals surface area (Å²) in [7, 11) is -2.03. The maximum absolute atomic E-state index is 12.0. The largest absolute Gasteiger partial charge is 0.354 e. The molecule has 0 unspecified atom stereocenters. The van der Waals surface area contributed by atoms with Crippen LogP contribution in [0.2, 0.25) is 0 Å². The fourth-order valence-corrected chi connectivity index (χ4v) is 4.50. The highest BCUT2D eigenvalue weighted by molar-refractivity contribution is 7.89. The number of nitrogens with one attached hydrogen (secondary N) is 1. The number of likely N-dealkylation sites (N-methyl/N-ethyl adjacent to an activating group) is 1. The minimum absolute atomic E-state index is 0.250. The molecule has 0 radical (unpaired) electrons. The fourth-order valence-electron chi connectivity index (χ4n) is 3.77. The van der Waals surface area contributed by atoms with Gasteiger partial charge in [-0.1, -0.05) is 43.3 Å². The van der Waals surface area contributed by atoms with Crippen LogP contribution in [0.4, 0.5) is 5.82 Å². The predicted octanol–water partition coefficient (Wildman–Crippen LogP) is 2.95. The summed E-state index contributed by atoms with van der Waals surface area (Å²) in [6.07, 6.45) is 0. The molecule has 1 N–H and O–H groups in total. The van der Waals surface area contributed by atoms with E-state index in [1.54, 1.807) is 12.1 Å². The average molecular weight is 411 g/mol. The summed E-state index contributed by atoms with van der Waals surface area (Å²) in [5.41, 5.74) is 1.75. The van der Waals surface area contributed by atoms with Gasteiger partial charge in [0.05, 0.1) is 10.6 Å². The van der Waals surface area contributed by atoms with E-state index in [4.69, 9.17) is 4.98 Å². The highest BCUT2D eigenvalue weighted by Gasteiger charge is 2.20. The molecule has 152 valence electrons. The summed E-state index contributed by atoms with van der Waals surface area (Å²) in [4.78, 5) is 10.1. The minimum atomic E-state index is -3.45. The summed E-state index contributed by atoms with van der Waals surface area (Å²) in [6, 6.07) is 17.3. The summed E-state index contributed by atoms with van der Waals surface area (Å²) >= 11 is 0. The van der Waals surface area contributed by atoms with Gasteiger partial charge in [0.1, 0.15) is 5.82 Å². The van der Waals surface area contributed by atoms with Crippen molar-refractivity contribution in [1.29, 1.82) is 0 Å². The van der Waals surface area contributed by atoms with E-state index in [2.05, 4.69) is 39.6 Å². The maximum atomic E-state index is 12.0. The van der Waals surface area contributed by atoms with Crippen LogP contribution in [0.25, 0.3) is 22.0 Å². The summed E-state index contributed by atoms with van der Waals surface area (Å²) in [5.74, 6) is 1.00. The Morgan fingerprint density at radius 1 is 1.00 bits per heavy atom. The van der Waals surface area contributed by atoms with Gasteiger partial charge in [-0.3, -0.25) is 0 Å². The third-order valence-electron chi connectivity index (χ3n) is 5.57. The van der Waals surface area contributed by atoms with Crippen LogP contribution < -0.4 is 9.62 Å². The first-order valence-corrected chi connectivity index (χ1v) is 11.4. The van der Waals surface area contributed by atoms with E-state index in [0.717, 1.165) is 60.6 Å². The number of hydrogen-bond acceptors (Lipinski definition) is 5. The molecule has 7 heteroatoms. The summed E-state index contributed by atoms with van der Waals surface area (Å²) in [5, 5.41) is 2.29. The topological polar surface area (TPSA) is 65.5 Å². The normalized spacial score (nSPS) is 15.7. The van der Waals surface area contributed by atoms with Crippen LogP contribution in [-0.4, -0.2) is 58.1 Å². The van der Waals surface area contributed by atoms with E-state index in [1.165, 1.54) is 7.05 Å². The fraction of sp³-hybridized carbons (Fsp3) is 0.318. The lowest BCUT2D eigenvalue weighted by molar-refractivity contribution is 0.271. The lowest BCUT2D eigenvalue weighted by atomic mass is 10.1. The van der Waals surface area contributed by atoms with Crippen molar-refractivity contribution in [1.82, 2.24) is 14.6 Å². The first kappa shape index (κ1) is 19.8. The summed E-state index contributed by atoms with van der Waals surface area (Å²) in [6.45, 7) is 7.24. The van der Waals surface area contributed by atoms with Crippen LogP contribution in [0.3, 0.4) is 0 Å². The zero-order valence-electron chi connectivity index (χ0n) is 16.8. The molecule has 0 atom stereocenters. The molecule has 3 aromatic rings. The van der Waals surface area contributed by atoms with Crippen molar-refractivity contribution in [2.24, 2.45) is 0 Å². The lowest BCUT2D eigenvalue weighted by Crippen LogP contribution is -2.46. The third kappa shape index (κ3) is 3.99. The van der Waals surface area contributed by atoms with Crippen molar-refractivity contribution < 1.29 is 8.42 Å². The monoisotopic (exact) mass is 410 g/mol. The van der Waals surface area contributed by atoms with Crippen LogP contribution >= 0.6 is 0 Å². The number of hydrogen-bond donors (Lipinski definition) is 1. The first-order chi connectivity index (χ1) is 14.0.